The fourth-order valence-corrected chi connectivity index (χ4v) is 3.16. The molecule has 0 aliphatic heterocycles. The first-order valence-corrected chi connectivity index (χ1v) is 10.1. The Bertz CT molecular complexity index is 775. The Kier molecular flexibility index (Phi) is 9.23. The smallest absolute Gasteiger partial charge is 0.271 e. The van der Waals surface area contributed by atoms with E-state index in [0.29, 0.717) is 6.61 Å². The van der Waals surface area contributed by atoms with Crippen molar-refractivity contribution in [3.05, 3.63) is 77.9 Å². The van der Waals surface area contributed by atoms with E-state index in [0.717, 1.165) is 35.9 Å². The molecule has 0 saturated carbocycles. The summed E-state index contributed by atoms with van der Waals surface area (Å²) in [6, 6.07) is 16.2. The molecule has 154 valence electrons. The lowest BCUT2D eigenvalue weighted by Gasteiger charge is -2.26. The Hall–Kier alpha value is -2.81. The first-order valence-electron chi connectivity index (χ1n) is 10.1. The summed E-state index contributed by atoms with van der Waals surface area (Å²) in [4.78, 5) is 2.39. The van der Waals surface area contributed by atoms with Gasteiger partial charge in [-0.15, -0.1) is 0 Å². The van der Waals surface area contributed by atoms with Crippen molar-refractivity contribution in [1.29, 1.82) is 0 Å². The SMILES string of the molecule is CCO/C(=C\[C+]=CC(c1ccc(OC)cc1)N(CC)CC)c1ccc(OC)cc1. The highest BCUT2D eigenvalue weighted by molar-refractivity contribution is 5.61. The molecule has 0 fully saturated rings. The molecule has 0 aromatic heterocycles. The maximum absolute atomic E-state index is 5.84. The fraction of sp³-hybridized carbons (Fsp3) is 0.360. The maximum Gasteiger partial charge on any atom is 0.271 e. The largest absolute Gasteiger partial charge is 0.497 e. The van der Waals surface area contributed by atoms with E-state index in [4.69, 9.17) is 14.2 Å². The van der Waals surface area contributed by atoms with E-state index in [1.807, 2.05) is 49.4 Å². The third-order valence-electron chi connectivity index (χ3n) is 4.81. The zero-order valence-electron chi connectivity index (χ0n) is 18.1. The molecular weight excluding hydrogens is 362 g/mol. The molecule has 0 spiro atoms. The van der Waals surface area contributed by atoms with Crippen molar-refractivity contribution in [2.45, 2.75) is 26.8 Å². The van der Waals surface area contributed by atoms with Crippen LogP contribution in [-0.4, -0.2) is 38.8 Å². The van der Waals surface area contributed by atoms with E-state index in [1.165, 1.54) is 5.56 Å². The second-order valence-electron chi connectivity index (χ2n) is 6.44. The van der Waals surface area contributed by atoms with E-state index >= 15 is 0 Å². The van der Waals surface area contributed by atoms with Crippen LogP contribution in [0.2, 0.25) is 0 Å². The van der Waals surface area contributed by atoms with Gasteiger partial charge in [0, 0.05) is 0 Å². The van der Waals surface area contributed by atoms with Gasteiger partial charge in [-0.25, -0.2) is 0 Å². The zero-order chi connectivity index (χ0) is 21.1. The van der Waals surface area contributed by atoms with E-state index in [2.05, 4.69) is 43.0 Å². The van der Waals surface area contributed by atoms with E-state index < -0.39 is 0 Å². The van der Waals surface area contributed by atoms with Crippen LogP contribution in [0.3, 0.4) is 0 Å². The summed E-state index contributed by atoms with van der Waals surface area (Å²) in [5.41, 5.74) is 2.20. The van der Waals surface area contributed by atoms with E-state index in [1.54, 1.807) is 14.2 Å². The number of hydrogen-bond donors (Lipinski definition) is 0. The average Bonchev–Trinajstić information content (AvgIpc) is 2.78. The molecule has 0 N–H and O–H groups in total. The van der Waals surface area contributed by atoms with Crippen LogP contribution in [0.25, 0.3) is 5.76 Å². The molecule has 4 nitrogen and oxygen atoms in total. The minimum atomic E-state index is 0.130. The Morgan fingerprint density at radius 2 is 1.45 bits per heavy atom. The van der Waals surface area contributed by atoms with Crippen molar-refractivity contribution in [2.24, 2.45) is 0 Å². The van der Waals surface area contributed by atoms with Crippen LogP contribution in [0.1, 0.15) is 37.9 Å². The minimum Gasteiger partial charge on any atom is -0.497 e. The molecule has 1 unspecified atom stereocenters. The second kappa shape index (κ2) is 11.9. The van der Waals surface area contributed by atoms with Gasteiger partial charge in [0.15, 0.2) is 0 Å². The van der Waals surface area contributed by atoms with Crippen LogP contribution in [0.4, 0.5) is 0 Å². The molecule has 0 saturated heterocycles. The van der Waals surface area contributed by atoms with Crippen molar-refractivity contribution >= 4 is 5.76 Å². The number of likely N-dealkylation sites (N-methyl/N-ethyl adjacent to an activating group) is 1. The molecule has 0 heterocycles. The van der Waals surface area contributed by atoms with Gasteiger partial charge >= 0.3 is 0 Å². The number of allylic oxidation sites excluding steroid dienone is 2. The normalized spacial score (nSPS) is 12.7. The summed E-state index contributed by atoms with van der Waals surface area (Å²) in [6.07, 6.45) is 7.36. The predicted molar refractivity (Wildman–Crippen MR) is 119 cm³/mol. The van der Waals surface area contributed by atoms with Gasteiger partial charge in [0.2, 0.25) is 6.08 Å². The summed E-state index contributed by atoms with van der Waals surface area (Å²) in [5.74, 6) is 2.47. The molecule has 0 aliphatic carbocycles. The molecule has 29 heavy (non-hydrogen) atoms. The number of nitrogens with zero attached hydrogens (tertiary/aromatic N) is 1. The van der Waals surface area contributed by atoms with Crippen LogP contribution < -0.4 is 9.47 Å². The number of rotatable bonds is 11. The van der Waals surface area contributed by atoms with Crippen LogP contribution >= 0.6 is 0 Å². The Labute approximate surface area is 175 Å². The Morgan fingerprint density at radius 1 is 0.897 bits per heavy atom. The predicted octanol–water partition coefficient (Wildman–Crippen LogP) is 5.52. The fourth-order valence-electron chi connectivity index (χ4n) is 3.16. The van der Waals surface area contributed by atoms with Crippen LogP contribution in [0.15, 0.2) is 60.7 Å². The van der Waals surface area contributed by atoms with Crippen molar-refractivity contribution in [3.63, 3.8) is 0 Å². The monoisotopic (exact) mass is 394 g/mol. The highest BCUT2D eigenvalue weighted by Crippen LogP contribution is 2.25. The molecule has 4 heteroatoms. The van der Waals surface area contributed by atoms with Gasteiger partial charge in [0.1, 0.15) is 23.7 Å². The lowest BCUT2D eigenvalue weighted by molar-refractivity contribution is 0.256. The van der Waals surface area contributed by atoms with Crippen molar-refractivity contribution in [2.75, 3.05) is 33.9 Å². The molecule has 0 radical (unpaired) electrons. The summed E-state index contributed by atoms with van der Waals surface area (Å²) in [5, 5.41) is 0. The first-order chi connectivity index (χ1) is 14.2. The molecule has 0 bridgehead atoms. The first kappa shape index (κ1) is 22.5. The number of benzene rings is 2. The van der Waals surface area contributed by atoms with Crippen molar-refractivity contribution in [3.8, 4) is 11.5 Å². The quantitative estimate of drug-likeness (QED) is 0.285. The summed E-state index contributed by atoms with van der Waals surface area (Å²) < 4.78 is 16.4. The van der Waals surface area contributed by atoms with Gasteiger partial charge in [0.05, 0.1) is 32.4 Å². The van der Waals surface area contributed by atoms with Crippen LogP contribution in [0.5, 0.6) is 11.5 Å². The van der Waals surface area contributed by atoms with Gasteiger partial charge < -0.3 is 14.2 Å². The Balaban J connectivity index is 2.29. The number of hydrogen-bond acceptors (Lipinski definition) is 4. The highest BCUT2D eigenvalue weighted by atomic mass is 16.5. The Morgan fingerprint density at radius 3 is 1.93 bits per heavy atom. The molecule has 2 aromatic carbocycles. The van der Waals surface area contributed by atoms with Gasteiger partial charge in [-0.3, -0.25) is 4.90 Å². The molecule has 0 aliphatic rings. The second-order valence-corrected chi connectivity index (χ2v) is 6.44. The lowest BCUT2D eigenvalue weighted by Crippen LogP contribution is -2.27. The highest BCUT2D eigenvalue weighted by Gasteiger charge is 2.18. The van der Waals surface area contributed by atoms with Gasteiger partial charge in [0.25, 0.3) is 5.76 Å². The number of ether oxygens (including phenoxy) is 3. The van der Waals surface area contributed by atoms with Crippen molar-refractivity contribution in [1.82, 2.24) is 4.90 Å². The number of methoxy groups -OCH3 is 2. The lowest BCUT2D eigenvalue weighted by atomic mass is 10.0. The van der Waals surface area contributed by atoms with Crippen LogP contribution in [-0.2, 0) is 4.74 Å². The average molecular weight is 395 g/mol. The summed E-state index contributed by atoms with van der Waals surface area (Å²) >= 11 is 0. The molecular formula is C25H32NO3+. The van der Waals surface area contributed by atoms with E-state index in [-0.39, 0.29) is 6.04 Å². The van der Waals surface area contributed by atoms with Crippen LogP contribution in [0, 0.1) is 6.08 Å². The van der Waals surface area contributed by atoms with Gasteiger partial charge in [-0.1, -0.05) is 26.0 Å². The van der Waals surface area contributed by atoms with Gasteiger partial charge in [-0.05, 0) is 62.0 Å². The topological polar surface area (TPSA) is 30.9 Å². The minimum absolute atomic E-state index is 0.130. The standard InChI is InChI=1S/C25H32NO3/c1-6-26(7-2)24(20-12-16-22(27-4)17-13-20)10-9-11-25(29-8-3)21-14-18-23(28-5)19-15-21/h10-19,24H,6-8H2,1-5H3/q+1/b25-11-. The summed E-state index contributed by atoms with van der Waals surface area (Å²) in [6.45, 7) is 8.83. The molecule has 0 amide bonds. The van der Waals surface area contributed by atoms with Gasteiger partial charge in [-0.2, -0.15) is 0 Å². The molecule has 2 rings (SSSR count). The van der Waals surface area contributed by atoms with Crippen molar-refractivity contribution < 1.29 is 14.2 Å². The molecule has 2 aromatic rings. The third kappa shape index (κ3) is 6.35. The zero-order valence-corrected chi connectivity index (χ0v) is 18.1. The van der Waals surface area contributed by atoms with E-state index in [9.17, 15) is 0 Å². The maximum atomic E-state index is 5.84. The molecule has 1 atom stereocenters. The third-order valence-corrected chi connectivity index (χ3v) is 4.81. The summed E-state index contributed by atoms with van der Waals surface area (Å²) in [7, 11) is 3.35.